The van der Waals surface area contributed by atoms with E-state index in [-0.39, 0.29) is 12.0 Å². The molecule has 2 aliphatic carbocycles. The molecule has 0 N–H and O–H groups in total. The molecule has 0 bridgehead atoms. The molecule has 3 aromatic rings. The molecule has 6 rings (SSSR count). The minimum atomic E-state index is -0.628. The molecule has 0 amide bonds. The van der Waals surface area contributed by atoms with Crippen molar-refractivity contribution in [1.29, 1.82) is 0 Å². The smallest absolute Gasteiger partial charge is 0.345 e. The van der Waals surface area contributed by atoms with Gasteiger partial charge in [0.05, 0.1) is 11.1 Å². The van der Waals surface area contributed by atoms with E-state index in [1.54, 1.807) is 42.7 Å². The highest BCUT2D eigenvalue weighted by atomic mass is 16.6. The highest BCUT2D eigenvalue weighted by molar-refractivity contribution is 5.91. The van der Waals surface area contributed by atoms with Crippen LogP contribution in [-0.4, -0.2) is 59.2 Å². The fourth-order valence-electron chi connectivity index (χ4n) is 6.05. The molecule has 8 heteroatoms. The van der Waals surface area contributed by atoms with Gasteiger partial charge in [0.25, 0.3) is 0 Å². The summed E-state index contributed by atoms with van der Waals surface area (Å²) >= 11 is 0. The quantitative estimate of drug-likeness (QED) is 0.300. The minimum absolute atomic E-state index is 0.110. The Kier molecular flexibility index (Phi) is 5.56. The second-order valence-corrected chi connectivity index (χ2v) is 10.1. The standard InChI is InChI=1S/C29H27N3O5/c1-29-20-9-11-23(36-28(34)19-7-5-13-31-16-19)26(29)37-25-22(35-27(33)18-6-4-12-30-15-18)10-8-17(24(25)29)14-21(20)32(2)3/h4-13,15-16,20-21,23,26H,14H2,1-3H3/t20-,21?,23?,26-,29?/m0/s1. The number of carbonyl (C=O) groups excluding carboxylic acids is 2. The van der Waals surface area contributed by atoms with E-state index >= 15 is 0 Å². The van der Waals surface area contributed by atoms with Crippen LogP contribution in [0.15, 0.2) is 73.3 Å². The fraction of sp³-hybridized carbons (Fsp3) is 0.310. The number of likely N-dealkylation sites (N-methyl/N-ethyl adjacent to an activating group) is 1. The van der Waals surface area contributed by atoms with E-state index in [9.17, 15) is 9.59 Å². The summed E-state index contributed by atoms with van der Waals surface area (Å²) in [5.74, 6) is 0.0222. The topological polar surface area (TPSA) is 90.8 Å². The Morgan fingerprint density at radius 2 is 1.70 bits per heavy atom. The molecular formula is C29H27N3O5. The molecule has 0 spiro atoms. The number of esters is 2. The molecule has 2 aromatic heterocycles. The first-order valence-corrected chi connectivity index (χ1v) is 12.3. The fourth-order valence-corrected chi connectivity index (χ4v) is 6.05. The van der Waals surface area contributed by atoms with Crippen LogP contribution in [0.4, 0.5) is 0 Å². The lowest BCUT2D eigenvalue weighted by Gasteiger charge is -2.50. The van der Waals surface area contributed by atoms with Gasteiger partial charge in [-0.05, 0) is 62.5 Å². The van der Waals surface area contributed by atoms with Crippen molar-refractivity contribution in [3.63, 3.8) is 0 Å². The molecule has 3 heterocycles. The second-order valence-electron chi connectivity index (χ2n) is 10.1. The third kappa shape index (κ3) is 3.71. The predicted octanol–water partition coefficient (Wildman–Crippen LogP) is 3.61. The number of rotatable bonds is 5. The molecule has 3 aliphatic rings. The average Bonchev–Trinajstić information content (AvgIpc) is 3.24. The zero-order valence-corrected chi connectivity index (χ0v) is 20.8. The van der Waals surface area contributed by atoms with Crippen LogP contribution in [0, 0.1) is 5.92 Å². The Hall–Kier alpha value is -4.04. The number of carbonyl (C=O) groups is 2. The van der Waals surface area contributed by atoms with Crippen LogP contribution in [-0.2, 0) is 16.6 Å². The Morgan fingerprint density at radius 3 is 2.35 bits per heavy atom. The largest absolute Gasteiger partial charge is 0.481 e. The van der Waals surface area contributed by atoms with Gasteiger partial charge in [-0.15, -0.1) is 0 Å². The highest BCUT2D eigenvalue weighted by Crippen LogP contribution is 2.59. The van der Waals surface area contributed by atoms with Crippen molar-refractivity contribution in [3.8, 4) is 11.5 Å². The molecule has 5 atom stereocenters. The average molecular weight is 498 g/mol. The van der Waals surface area contributed by atoms with E-state index in [2.05, 4.69) is 42.0 Å². The van der Waals surface area contributed by atoms with Crippen LogP contribution >= 0.6 is 0 Å². The van der Waals surface area contributed by atoms with Crippen LogP contribution in [0.3, 0.4) is 0 Å². The predicted molar refractivity (Wildman–Crippen MR) is 135 cm³/mol. The Bertz CT molecular complexity index is 1390. The Labute approximate surface area is 214 Å². The number of hydrogen-bond donors (Lipinski definition) is 0. The van der Waals surface area contributed by atoms with Crippen LogP contribution < -0.4 is 9.47 Å². The SMILES string of the molecule is CN(C)C1Cc2ccc(OC(=O)c3cccnc3)c3c2C2(C)[C@H]1C=CC(OC(=O)c1cccnc1)[C@@H]2O3. The number of hydrogen-bond acceptors (Lipinski definition) is 8. The van der Waals surface area contributed by atoms with E-state index < -0.39 is 29.6 Å². The van der Waals surface area contributed by atoms with Gasteiger partial charge in [0.1, 0.15) is 6.10 Å². The van der Waals surface area contributed by atoms with Crippen LogP contribution in [0.5, 0.6) is 11.5 Å². The first-order valence-electron chi connectivity index (χ1n) is 12.3. The first-order chi connectivity index (χ1) is 17.9. The summed E-state index contributed by atoms with van der Waals surface area (Å²) < 4.78 is 18.4. The molecule has 37 heavy (non-hydrogen) atoms. The summed E-state index contributed by atoms with van der Waals surface area (Å²) in [7, 11) is 4.16. The van der Waals surface area contributed by atoms with Crippen LogP contribution in [0.2, 0.25) is 0 Å². The van der Waals surface area contributed by atoms with Gasteiger partial charge in [0.2, 0.25) is 0 Å². The van der Waals surface area contributed by atoms with E-state index in [4.69, 9.17) is 14.2 Å². The van der Waals surface area contributed by atoms with Gasteiger partial charge >= 0.3 is 11.9 Å². The monoisotopic (exact) mass is 497 g/mol. The van der Waals surface area contributed by atoms with Crippen LogP contribution in [0.25, 0.3) is 0 Å². The molecule has 8 nitrogen and oxygen atoms in total. The second kappa shape index (κ2) is 8.81. The van der Waals surface area contributed by atoms with Crippen molar-refractivity contribution in [3.05, 3.63) is 95.6 Å². The maximum Gasteiger partial charge on any atom is 0.345 e. The molecule has 0 fully saturated rings. The number of ether oxygens (including phenoxy) is 3. The third-order valence-corrected chi connectivity index (χ3v) is 7.83. The number of aromatic nitrogens is 2. The van der Waals surface area contributed by atoms with Crippen LogP contribution in [0.1, 0.15) is 38.8 Å². The normalized spacial score (nSPS) is 26.8. The molecule has 3 unspecified atom stereocenters. The summed E-state index contributed by atoms with van der Waals surface area (Å²) in [5.41, 5.74) is 2.39. The molecule has 1 aromatic carbocycles. The minimum Gasteiger partial charge on any atom is -0.481 e. The molecule has 0 radical (unpaired) electrons. The van der Waals surface area contributed by atoms with Gasteiger partial charge in [0, 0.05) is 47.7 Å². The molecule has 0 saturated heterocycles. The number of nitrogens with zero attached hydrogens (tertiary/aromatic N) is 3. The summed E-state index contributed by atoms with van der Waals surface area (Å²) in [6.07, 6.45) is 9.96. The summed E-state index contributed by atoms with van der Waals surface area (Å²) in [6.45, 7) is 2.16. The van der Waals surface area contributed by atoms with Gasteiger partial charge in [-0.25, -0.2) is 9.59 Å². The number of benzene rings is 1. The van der Waals surface area contributed by atoms with Gasteiger partial charge in [0.15, 0.2) is 17.6 Å². The van der Waals surface area contributed by atoms with Crippen molar-refractivity contribution >= 4 is 11.9 Å². The zero-order chi connectivity index (χ0) is 25.7. The lowest BCUT2D eigenvalue weighted by atomic mass is 9.57. The highest BCUT2D eigenvalue weighted by Gasteiger charge is 2.61. The maximum absolute atomic E-state index is 12.9. The Balaban J connectivity index is 1.40. The van der Waals surface area contributed by atoms with Crippen molar-refractivity contribution < 1.29 is 23.8 Å². The molecule has 0 saturated carbocycles. The van der Waals surface area contributed by atoms with Gasteiger partial charge < -0.3 is 19.1 Å². The maximum atomic E-state index is 12.9. The number of pyridine rings is 2. The zero-order valence-electron chi connectivity index (χ0n) is 20.8. The third-order valence-electron chi connectivity index (χ3n) is 7.83. The summed E-state index contributed by atoms with van der Waals surface area (Å²) in [4.78, 5) is 36.1. The van der Waals surface area contributed by atoms with Crippen molar-refractivity contribution in [1.82, 2.24) is 14.9 Å². The molecular weight excluding hydrogens is 470 g/mol. The van der Waals surface area contributed by atoms with Crippen molar-refractivity contribution in [2.75, 3.05) is 14.1 Å². The van der Waals surface area contributed by atoms with E-state index in [1.165, 1.54) is 12.4 Å². The molecule has 1 aliphatic heterocycles. The molecule has 188 valence electrons. The lowest BCUT2D eigenvalue weighted by molar-refractivity contribution is -0.0274. The van der Waals surface area contributed by atoms with Crippen molar-refractivity contribution in [2.24, 2.45) is 5.92 Å². The summed E-state index contributed by atoms with van der Waals surface area (Å²) in [6, 6.07) is 10.8. The van der Waals surface area contributed by atoms with Crippen molar-refractivity contribution in [2.45, 2.75) is 37.0 Å². The van der Waals surface area contributed by atoms with E-state index in [0.29, 0.717) is 22.6 Å². The lowest BCUT2D eigenvalue weighted by Crippen LogP contribution is -2.59. The van der Waals surface area contributed by atoms with E-state index in [1.807, 2.05) is 12.1 Å². The summed E-state index contributed by atoms with van der Waals surface area (Å²) in [5, 5.41) is 0. The van der Waals surface area contributed by atoms with Gasteiger partial charge in [-0.3, -0.25) is 9.97 Å². The Morgan fingerprint density at radius 1 is 1.00 bits per heavy atom. The van der Waals surface area contributed by atoms with E-state index in [0.717, 1.165) is 17.5 Å². The van der Waals surface area contributed by atoms with Gasteiger partial charge in [-0.2, -0.15) is 0 Å². The van der Waals surface area contributed by atoms with Gasteiger partial charge in [-0.1, -0.05) is 19.1 Å². The first kappa shape index (κ1) is 23.4.